The van der Waals surface area contributed by atoms with Crippen LogP contribution >= 0.6 is 0 Å². The van der Waals surface area contributed by atoms with Gasteiger partial charge in [-0.1, -0.05) is 6.92 Å². The summed E-state index contributed by atoms with van der Waals surface area (Å²) in [5, 5.41) is 11.9. The molecule has 1 aromatic carbocycles. The largest absolute Gasteiger partial charge is 0.354 e. The standard InChI is InChI=1S/C15H16N4O2S/c1-2-9-22(20,21)19-15-8-7-14(11-17-15)18-13-5-3-12(10-16)4-6-13/h3-8,11,18H,2,9H2,1H3,(H,17,19). The van der Waals surface area contributed by atoms with Gasteiger partial charge < -0.3 is 5.32 Å². The Labute approximate surface area is 129 Å². The molecule has 0 amide bonds. The van der Waals surface area contributed by atoms with Crippen molar-refractivity contribution < 1.29 is 8.42 Å². The molecule has 0 saturated heterocycles. The fraction of sp³-hybridized carbons (Fsp3) is 0.200. The number of sulfonamides is 1. The lowest BCUT2D eigenvalue weighted by Gasteiger charge is -2.08. The predicted octanol–water partition coefficient (Wildman–Crippen LogP) is 2.85. The first-order valence-electron chi connectivity index (χ1n) is 6.76. The topological polar surface area (TPSA) is 94.9 Å². The second kappa shape index (κ2) is 6.91. The van der Waals surface area contributed by atoms with Crippen LogP contribution in [0.5, 0.6) is 0 Å². The van der Waals surface area contributed by atoms with Crippen LogP contribution in [0.25, 0.3) is 0 Å². The molecule has 0 fully saturated rings. The highest BCUT2D eigenvalue weighted by Crippen LogP contribution is 2.18. The van der Waals surface area contributed by atoms with Gasteiger partial charge in [-0.15, -0.1) is 0 Å². The number of nitrogens with one attached hydrogen (secondary N) is 2. The van der Waals surface area contributed by atoms with Gasteiger partial charge >= 0.3 is 0 Å². The minimum absolute atomic E-state index is 0.0694. The van der Waals surface area contributed by atoms with Crippen molar-refractivity contribution >= 4 is 27.2 Å². The summed E-state index contributed by atoms with van der Waals surface area (Å²) in [6, 6.07) is 12.4. The number of pyridine rings is 1. The summed E-state index contributed by atoms with van der Waals surface area (Å²) in [7, 11) is -3.33. The van der Waals surface area contributed by atoms with Crippen LogP contribution in [0.3, 0.4) is 0 Å². The summed E-state index contributed by atoms with van der Waals surface area (Å²) in [4.78, 5) is 4.07. The number of hydrogen-bond acceptors (Lipinski definition) is 5. The highest BCUT2D eigenvalue weighted by molar-refractivity contribution is 7.92. The normalized spacial score (nSPS) is 10.7. The number of benzene rings is 1. The average Bonchev–Trinajstić information content (AvgIpc) is 2.49. The summed E-state index contributed by atoms with van der Waals surface area (Å²) >= 11 is 0. The highest BCUT2D eigenvalue weighted by Gasteiger charge is 2.09. The van der Waals surface area contributed by atoms with E-state index in [4.69, 9.17) is 5.26 Å². The fourth-order valence-electron chi connectivity index (χ4n) is 1.80. The quantitative estimate of drug-likeness (QED) is 0.854. The third-order valence-corrected chi connectivity index (χ3v) is 4.26. The monoisotopic (exact) mass is 316 g/mol. The van der Waals surface area contributed by atoms with Crippen molar-refractivity contribution in [3.05, 3.63) is 48.2 Å². The summed E-state index contributed by atoms with van der Waals surface area (Å²) < 4.78 is 25.7. The molecular formula is C15H16N4O2S. The Hall–Kier alpha value is -2.59. The van der Waals surface area contributed by atoms with Gasteiger partial charge in [0.1, 0.15) is 5.82 Å². The Morgan fingerprint density at radius 3 is 2.36 bits per heavy atom. The fourth-order valence-corrected chi connectivity index (χ4v) is 2.88. The number of rotatable bonds is 6. The van der Waals surface area contributed by atoms with Crippen molar-refractivity contribution in [2.24, 2.45) is 0 Å². The summed E-state index contributed by atoms with van der Waals surface area (Å²) in [6.45, 7) is 1.80. The maximum atomic E-state index is 11.6. The van der Waals surface area contributed by atoms with E-state index in [9.17, 15) is 8.42 Å². The first-order chi connectivity index (χ1) is 10.5. The van der Waals surface area contributed by atoms with Crippen LogP contribution in [0.1, 0.15) is 18.9 Å². The van der Waals surface area contributed by atoms with Gasteiger partial charge in [0.2, 0.25) is 10.0 Å². The Morgan fingerprint density at radius 1 is 1.14 bits per heavy atom. The second-order valence-electron chi connectivity index (χ2n) is 4.67. The van der Waals surface area contributed by atoms with Gasteiger partial charge in [0.05, 0.1) is 29.3 Å². The third kappa shape index (κ3) is 4.46. The van der Waals surface area contributed by atoms with E-state index in [0.717, 1.165) is 11.4 Å². The molecule has 0 spiro atoms. The number of aromatic nitrogens is 1. The number of nitrogens with zero attached hydrogens (tertiary/aromatic N) is 2. The summed E-state index contributed by atoms with van der Waals surface area (Å²) in [5.74, 6) is 0.360. The van der Waals surface area contributed by atoms with Crippen LogP contribution in [0, 0.1) is 11.3 Å². The molecule has 1 heterocycles. The minimum atomic E-state index is -3.33. The Balaban J connectivity index is 2.04. The maximum Gasteiger partial charge on any atom is 0.233 e. The average molecular weight is 316 g/mol. The summed E-state index contributed by atoms with van der Waals surface area (Å²) in [5.41, 5.74) is 2.13. The first kappa shape index (κ1) is 15.8. The molecular weight excluding hydrogens is 300 g/mol. The molecule has 0 unspecified atom stereocenters. The van der Waals surface area contributed by atoms with E-state index < -0.39 is 10.0 Å². The van der Waals surface area contributed by atoms with Crippen LogP contribution in [-0.2, 0) is 10.0 Å². The third-order valence-electron chi connectivity index (χ3n) is 2.80. The van der Waals surface area contributed by atoms with E-state index in [1.807, 2.05) is 0 Å². The first-order valence-corrected chi connectivity index (χ1v) is 8.41. The minimum Gasteiger partial charge on any atom is -0.354 e. The lowest BCUT2D eigenvalue weighted by atomic mass is 10.2. The van der Waals surface area contributed by atoms with E-state index in [-0.39, 0.29) is 5.75 Å². The molecule has 0 aliphatic rings. The van der Waals surface area contributed by atoms with Crippen LogP contribution in [0.4, 0.5) is 17.2 Å². The maximum absolute atomic E-state index is 11.6. The molecule has 0 aliphatic carbocycles. The van der Waals surface area contributed by atoms with E-state index in [2.05, 4.69) is 21.1 Å². The highest BCUT2D eigenvalue weighted by atomic mass is 32.2. The zero-order valence-corrected chi connectivity index (χ0v) is 12.9. The summed E-state index contributed by atoms with van der Waals surface area (Å²) in [6.07, 6.45) is 2.09. The molecule has 2 N–H and O–H groups in total. The molecule has 0 aliphatic heterocycles. The number of nitriles is 1. The van der Waals surface area contributed by atoms with Gasteiger partial charge in [-0.3, -0.25) is 4.72 Å². The molecule has 22 heavy (non-hydrogen) atoms. The molecule has 7 heteroatoms. The molecule has 0 radical (unpaired) electrons. The molecule has 114 valence electrons. The number of hydrogen-bond donors (Lipinski definition) is 2. The van der Waals surface area contributed by atoms with Crippen LogP contribution < -0.4 is 10.0 Å². The lowest BCUT2D eigenvalue weighted by Crippen LogP contribution is -2.16. The molecule has 0 atom stereocenters. The number of anilines is 3. The van der Waals surface area contributed by atoms with E-state index in [1.54, 1.807) is 49.5 Å². The molecule has 2 aromatic rings. The Morgan fingerprint density at radius 2 is 1.82 bits per heavy atom. The van der Waals surface area contributed by atoms with Crippen molar-refractivity contribution in [3.63, 3.8) is 0 Å². The molecule has 2 rings (SSSR count). The predicted molar refractivity (Wildman–Crippen MR) is 86.4 cm³/mol. The van der Waals surface area contributed by atoms with Gasteiger partial charge in [-0.25, -0.2) is 13.4 Å². The van der Waals surface area contributed by atoms with Crippen LogP contribution in [0.2, 0.25) is 0 Å². The molecule has 1 aromatic heterocycles. The molecule has 0 saturated carbocycles. The van der Waals surface area contributed by atoms with Crippen molar-refractivity contribution in [2.75, 3.05) is 15.8 Å². The van der Waals surface area contributed by atoms with Crippen molar-refractivity contribution in [1.29, 1.82) is 5.26 Å². The van der Waals surface area contributed by atoms with Gasteiger partial charge in [0.25, 0.3) is 0 Å². The van der Waals surface area contributed by atoms with Crippen LogP contribution in [-0.4, -0.2) is 19.2 Å². The zero-order valence-electron chi connectivity index (χ0n) is 12.1. The van der Waals surface area contributed by atoms with Gasteiger partial charge in [0, 0.05) is 5.69 Å². The van der Waals surface area contributed by atoms with Crippen LogP contribution in [0.15, 0.2) is 42.6 Å². The van der Waals surface area contributed by atoms with Gasteiger partial charge in [0.15, 0.2) is 0 Å². The van der Waals surface area contributed by atoms with E-state index in [0.29, 0.717) is 17.8 Å². The lowest BCUT2D eigenvalue weighted by molar-refractivity contribution is 0.599. The van der Waals surface area contributed by atoms with E-state index >= 15 is 0 Å². The zero-order chi connectivity index (χ0) is 16.0. The van der Waals surface area contributed by atoms with Gasteiger partial charge in [-0.05, 0) is 42.8 Å². The van der Waals surface area contributed by atoms with Crippen molar-refractivity contribution in [1.82, 2.24) is 4.98 Å². The second-order valence-corrected chi connectivity index (χ2v) is 6.51. The smallest absolute Gasteiger partial charge is 0.233 e. The van der Waals surface area contributed by atoms with Crippen molar-refractivity contribution in [2.45, 2.75) is 13.3 Å². The van der Waals surface area contributed by atoms with Crippen molar-refractivity contribution in [3.8, 4) is 6.07 Å². The Kier molecular flexibility index (Phi) is 4.96. The van der Waals surface area contributed by atoms with Gasteiger partial charge in [-0.2, -0.15) is 5.26 Å². The Bertz CT molecular complexity index is 763. The molecule has 0 bridgehead atoms. The van der Waals surface area contributed by atoms with E-state index in [1.165, 1.54) is 0 Å². The molecule has 6 nitrogen and oxygen atoms in total. The SMILES string of the molecule is CCCS(=O)(=O)Nc1ccc(Nc2ccc(C#N)cc2)cn1.